The molecule has 0 heterocycles. The third-order valence-electron chi connectivity index (χ3n) is 2.62. The molecule has 0 aromatic heterocycles. The first-order valence-corrected chi connectivity index (χ1v) is 7.30. The van der Waals surface area contributed by atoms with E-state index in [9.17, 15) is 12.8 Å². The fourth-order valence-electron chi connectivity index (χ4n) is 1.62. The van der Waals surface area contributed by atoms with Crippen molar-refractivity contribution in [2.45, 2.75) is 16.3 Å². The lowest BCUT2D eigenvalue weighted by Crippen LogP contribution is -2.03. The Kier molecular flexibility index (Phi) is 3.89. The van der Waals surface area contributed by atoms with Crippen LogP contribution in [0.4, 0.5) is 4.39 Å². The minimum atomic E-state index is -3.77. The van der Waals surface area contributed by atoms with Crippen LogP contribution in [0.15, 0.2) is 52.3 Å². The second-order valence-electron chi connectivity index (χ2n) is 3.96. The minimum Gasteiger partial charge on any atom is -0.326 e. The molecule has 0 spiro atoms. The molecule has 0 saturated carbocycles. The molecule has 0 aliphatic carbocycles. The molecule has 2 aromatic rings. The van der Waals surface area contributed by atoms with Crippen molar-refractivity contribution in [1.82, 2.24) is 0 Å². The lowest BCUT2D eigenvalue weighted by atomic mass is 10.2. The molecule has 19 heavy (non-hydrogen) atoms. The smallest absolute Gasteiger partial charge is 0.206 e. The fourth-order valence-corrected chi connectivity index (χ4v) is 3.23. The van der Waals surface area contributed by atoms with Gasteiger partial charge in [-0.05, 0) is 35.9 Å². The van der Waals surface area contributed by atoms with Crippen LogP contribution in [-0.2, 0) is 16.4 Å². The van der Waals surface area contributed by atoms with E-state index in [1.165, 1.54) is 18.2 Å². The summed E-state index contributed by atoms with van der Waals surface area (Å²) in [5.74, 6) is -0.690. The van der Waals surface area contributed by atoms with Crippen molar-refractivity contribution in [2.75, 3.05) is 0 Å². The zero-order valence-corrected chi connectivity index (χ0v) is 11.4. The summed E-state index contributed by atoms with van der Waals surface area (Å²) in [6.45, 7) is 0.326. The van der Waals surface area contributed by atoms with Crippen molar-refractivity contribution in [3.8, 4) is 0 Å². The number of halogens is 2. The summed E-state index contributed by atoms with van der Waals surface area (Å²) in [6.07, 6.45) is 0. The lowest BCUT2D eigenvalue weighted by molar-refractivity contribution is 0.591. The van der Waals surface area contributed by atoms with E-state index >= 15 is 0 Å². The van der Waals surface area contributed by atoms with Gasteiger partial charge in [0.2, 0.25) is 9.84 Å². The second-order valence-corrected chi connectivity index (χ2v) is 6.34. The highest BCUT2D eigenvalue weighted by molar-refractivity contribution is 7.91. The van der Waals surface area contributed by atoms with E-state index in [-0.39, 0.29) is 14.8 Å². The molecule has 0 aliphatic rings. The SMILES string of the molecule is NCc1ccc(S(=O)(=O)c2cc(F)cc(Cl)c2)cc1. The van der Waals surface area contributed by atoms with E-state index < -0.39 is 15.7 Å². The second kappa shape index (κ2) is 5.28. The average molecular weight is 300 g/mol. The first kappa shape index (κ1) is 14.0. The summed E-state index contributed by atoms with van der Waals surface area (Å²) in [7, 11) is -3.77. The highest BCUT2D eigenvalue weighted by atomic mass is 35.5. The molecule has 2 aromatic carbocycles. The van der Waals surface area contributed by atoms with Gasteiger partial charge in [0.1, 0.15) is 5.82 Å². The van der Waals surface area contributed by atoms with Gasteiger partial charge >= 0.3 is 0 Å². The zero-order valence-electron chi connectivity index (χ0n) is 9.81. The molecule has 6 heteroatoms. The van der Waals surface area contributed by atoms with Crippen molar-refractivity contribution >= 4 is 21.4 Å². The van der Waals surface area contributed by atoms with Crippen molar-refractivity contribution < 1.29 is 12.8 Å². The van der Waals surface area contributed by atoms with E-state index in [0.717, 1.165) is 17.7 Å². The third-order valence-corrected chi connectivity index (χ3v) is 4.58. The van der Waals surface area contributed by atoms with Crippen LogP contribution in [0.2, 0.25) is 5.02 Å². The normalized spacial score (nSPS) is 11.5. The Labute approximate surface area is 115 Å². The molecule has 0 bridgehead atoms. The maximum Gasteiger partial charge on any atom is 0.206 e. The molecule has 2 rings (SSSR count). The summed E-state index contributed by atoms with van der Waals surface area (Å²) < 4.78 is 37.8. The number of rotatable bonds is 3. The Balaban J connectivity index is 2.51. The number of hydrogen-bond donors (Lipinski definition) is 1. The molecule has 0 saturated heterocycles. The first-order chi connectivity index (χ1) is 8.93. The Hall–Kier alpha value is -1.43. The van der Waals surface area contributed by atoms with Gasteiger partial charge in [-0.25, -0.2) is 12.8 Å². The van der Waals surface area contributed by atoms with Gasteiger partial charge in [0, 0.05) is 11.6 Å². The highest BCUT2D eigenvalue weighted by Crippen LogP contribution is 2.24. The van der Waals surface area contributed by atoms with Crippen LogP contribution in [0.25, 0.3) is 0 Å². The standard InChI is InChI=1S/C13H11ClFNO2S/c14-10-5-11(15)7-13(6-10)19(17,18)12-3-1-9(8-16)2-4-12/h1-7H,8,16H2. The predicted molar refractivity (Wildman–Crippen MR) is 71.2 cm³/mol. The Morgan fingerprint density at radius 1 is 1.05 bits per heavy atom. The van der Waals surface area contributed by atoms with Gasteiger partial charge in [-0.2, -0.15) is 0 Å². The number of nitrogens with two attached hydrogens (primary N) is 1. The van der Waals surface area contributed by atoms with Crippen LogP contribution < -0.4 is 5.73 Å². The van der Waals surface area contributed by atoms with E-state index in [0.29, 0.717) is 6.54 Å². The maximum atomic E-state index is 13.2. The summed E-state index contributed by atoms with van der Waals surface area (Å²) in [5.41, 5.74) is 6.26. The summed E-state index contributed by atoms with van der Waals surface area (Å²) in [6, 6.07) is 9.33. The molecule has 2 N–H and O–H groups in total. The quantitative estimate of drug-likeness (QED) is 0.948. The topological polar surface area (TPSA) is 60.2 Å². The van der Waals surface area contributed by atoms with Crippen LogP contribution in [0.3, 0.4) is 0 Å². The molecule has 0 radical (unpaired) electrons. The van der Waals surface area contributed by atoms with Crippen molar-refractivity contribution in [2.24, 2.45) is 5.73 Å². The number of benzene rings is 2. The van der Waals surface area contributed by atoms with Gasteiger partial charge in [0.25, 0.3) is 0 Å². The van der Waals surface area contributed by atoms with Gasteiger partial charge in [0.05, 0.1) is 9.79 Å². The Morgan fingerprint density at radius 3 is 2.21 bits per heavy atom. The fraction of sp³-hybridized carbons (Fsp3) is 0.0769. The maximum absolute atomic E-state index is 13.2. The molecule has 0 amide bonds. The van der Waals surface area contributed by atoms with Crippen molar-refractivity contribution in [1.29, 1.82) is 0 Å². The van der Waals surface area contributed by atoms with Gasteiger partial charge < -0.3 is 5.73 Å². The zero-order chi connectivity index (χ0) is 14.0. The summed E-state index contributed by atoms with van der Waals surface area (Å²) >= 11 is 5.67. The molecular formula is C13H11ClFNO2S. The summed E-state index contributed by atoms with van der Waals surface area (Å²) in [4.78, 5) is -0.0932. The number of sulfone groups is 1. The molecule has 0 unspecified atom stereocenters. The van der Waals surface area contributed by atoms with E-state index in [1.54, 1.807) is 12.1 Å². The largest absolute Gasteiger partial charge is 0.326 e. The molecule has 0 fully saturated rings. The van der Waals surface area contributed by atoms with Crippen molar-refractivity contribution in [3.05, 3.63) is 58.9 Å². The van der Waals surface area contributed by atoms with Crippen molar-refractivity contribution in [3.63, 3.8) is 0 Å². The number of hydrogen-bond acceptors (Lipinski definition) is 3. The molecule has 0 atom stereocenters. The summed E-state index contributed by atoms with van der Waals surface area (Å²) in [5, 5.41) is 0.0390. The highest BCUT2D eigenvalue weighted by Gasteiger charge is 2.18. The Bertz CT molecular complexity index is 679. The van der Waals surface area contributed by atoms with Gasteiger partial charge in [0.15, 0.2) is 0 Å². The van der Waals surface area contributed by atoms with Gasteiger partial charge in [-0.15, -0.1) is 0 Å². The monoisotopic (exact) mass is 299 g/mol. The molecular weight excluding hydrogens is 289 g/mol. The van der Waals surface area contributed by atoms with E-state index in [1.807, 2.05) is 0 Å². The van der Waals surface area contributed by atoms with Crippen LogP contribution in [-0.4, -0.2) is 8.42 Å². The molecule has 100 valence electrons. The minimum absolute atomic E-state index is 0.0390. The third kappa shape index (κ3) is 2.94. The lowest BCUT2D eigenvalue weighted by Gasteiger charge is -2.06. The van der Waals surface area contributed by atoms with Crippen LogP contribution in [0.1, 0.15) is 5.56 Å². The average Bonchev–Trinajstić information content (AvgIpc) is 2.37. The van der Waals surface area contributed by atoms with Crippen LogP contribution in [0, 0.1) is 5.82 Å². The van der Waals surface area contributed by atoms with E-state index in [2.05, 4.69) is 0 Å². The predicted octanol–water partition coefficient (Wildman–Crippen LogP) is 2.77. The van der Waals surface area contributed by atoms with Crippen LogP contribution in [0.5, 0.6) is 0 Å². The van der Waals surface area contributed by atoms with Gasteiger partial charge in [-0.3, -0.25) is 0 Å². The van der Waals surface area contributed by atoms with E-state index in [4.69, 9.17) is 17.3 Å². The Morgan fingerprint density at radius 2 is 1.68 bits per heavy atom. The molecule has 3 nitrogen and oxygen atoms in total. The van der Waals surface area contributed by atoms with Gasteiger partial charge in [-0.1, -0.05) is 23.7 Å². The molecule has 0 aliphatic heterocycles. The van der Waals surface area contributed by atoms with Crippen LogP contribution >= 0.6 is 11.6 Å². The first-order valence-electron chi connectivity index (χ1n) is 5.43.